The van der Waals surface area contributed by atoms with E-state index in [-0.39, 0.29) is 56.7 Å². The normalized spacial score (nSPS) is 14.4. The first-order valence-electron chi connectivity index (χ1n) is 9.73. The van der Waals surface area contributed by atoms with Crippen molar-refractivity contribution in [1.29, 1.82) is 0 Å². The van der Waals surface area contributed by atoms with Gasteiger partial charge in [0.1, 0.15) is 0 Å². The van der Waals surface area contributed by atoms with Crippen molar-refractivity contribution in [2.75, 3.05) is 0 Å². The van der Waals surface area contributed by atoms with Gasteiger partial charge in [0.05, 0.1) is 24.4 Å². The van der Waals surface area contributed by atoms with Gasteiger partial charge in [-0.05, 0) is 53.4 Å². The van der Waals surface area contributed by atoms with Crippen molar-refractivity contribution in [3.8, 4) is 0 Å². The zero-order valence-corrected chi connectivity index (χ0v) is 21.6. The van der Waals surface area contributed by atoms with Crippen LogP contribution in [0.1, 0.15) is 101 Å². The van der Waals surface area contributed by atoms with Crippen LogP contribution in [0.4, 0.5) is 0 Å². The molecule has 0 amide bonds. The van der Waals surface area contributed by atoms with E-state index in [0.717, 1.165) is 32.1 Å². The van der Waals surface area contributed by atoms with E-state index in [2.05, 4.69) is 0 Å². The second-order valence-corrected chi connectivity index (χ2v) is 6.25. The van der Waals surface area contributed by atoms with E-state index >= 15 is 0 Å². The fourth-order valence-electron chi connectivity index (χ4n) is 0. The summed E-state index contributed by atoms with van der Waals surface area (Å²) < 4.78 is 0. The summed E-state index contributed by atoms with van der Waals surface area (Å²) in [5.41, 5.74) is 0. The van der Waals surface area contributed by atoms with Crippen molar-refractivity contribution >= 4 is 0 Å². The van der Waals surface area contributed by atoms with Crippen LogP contribution in [0.5, 0.6) is 0 Å². The summed E-state index contributed by atoms with van der Waals surface area (Å²) in [6.07, 6.45) is 3.37. The summed E-state index contributed by atoms with van der Waals surface area (Å²) in [7, 11) is 0. The van der Waals surface area contributed by atoms with E-state index in [4.69, 9.17) is 20.4 Å². The molecule has 0 heterocycles. The van der Waals surface area contributed by atoms with E-state index in [1.807, 2.05) is 34.6 Å². The number of hydrogen-bond acceptors (Lipinski definition) is 5. The van der Waals surface area contributed by atoms with Gasteiger partial charge in [0.15, 0.2) is 0 Å². The maximum Gasteiger partial charge on any atom is 0.0509 e. The summed E-state index contributed by atoms with van der Waals surface area (Å²) >= 11 is 0. The Hall–Kier alpha value is 0.683. The molecule has 0 bridgehead atoms. The van der Waals surface area contributed by atoms with Crippen LogP contribution in [-0.4, -0.2) is 50.9 Å². The molecule has 0 saturated carbocycles. The molecule has 26 heavy (non-hydrogen) atoms. The average Bonchev–Trinajstić information content (AvgIpc) is 2.56. The zero-order valence-electron chi connectivity index (χ0n) is 19.1. The van der Waals surface area contributed by atoms with Gasteiger partial charge in [-0.1, -0.05) is 48.0 Å². The fraction of sp³-hybridized carbons (Fsp3) is 1.00. The zero-order chi connectivity index (χ0) is 21.4. The first kappa shape index (κ1) is 41.1. The predicted octanol–water partition coefficient (Wildman–Crippen LogP) is 3.25. The molecule has 0 spiro atoms. The first-order chi connectivity index (χ1) is 11.4. The number of aliphatic hydroxyl groups excluding tert-OH is 4. The Morgan fingerprint density at radius 3 is 0.577 bits per heavy atom. The maximum absolute atomic E-state index is 9.90. The first-order valence-corrected chi connectivity index (χ1v) is 9.73. The molecule has 5 unspecified atom stereocenters. The Labute approximate surface area is 183 Å². The third kappa shape index (κ3) is 121. The Kier molecular flexibility index (Phi) is 57.9. The third-order valence-corrected chi connectivity index (χ3v) is 2.94. The molecule has 164 valence electrons. The largest absolute Gasteiger partial charge is 0.852 e. The van der Waals surface area contributed by atoms with Gasteiger partial charge in [-0.25, -0.2) is 0 Å². The molecule has 4 N–H and O–H groups in total. The van der Waals surface area contributed by atoms with Crippen LogP contribution in [0.25, 0.3) is 0 Å². The van der Waals surface area contributed by atoms with Crippen LogP contribution < -0.4 is 5.11 Å². The van der Waals surface area contributed by atoms with Crippen molar-refractivity contribution in [3.63, 3.8) is 0 Å². The average molecular weight is 461 g/mol. The molecule has 0 radical (unpaired) electrons. The van der Waals surface area contributed by atoms with Crippen LogP contribution in [-0.2, 0) is 26.2 Å². The van der Waals surface area contributed by atoms with E-state index < -0.39 is 0 Å². The van der Waals surface area contributed by atoms with Gasteiger partial charge in [0.2, 0.25) is 0 Å². The fourth-order valence-corrected chi connectivity index (χ4v) is 0. The van der Waals surface area contributed by atoms with Crippen LogP contribution in [0.15, 0.2) is 0 Å². The molecule has 0 aromatic carbocycles. The molecule has 5 nitrogen and oxygen atoms in total. The molecule has 0 aliphatic heterocycles. The molecular weight excluding hydrogens is 411 g/mol. The molecule has 6 heteroatoms. The summed E-state index contributed by atoms with van der Waals surface area (Å²) in [4.78, 5) is 0. The number of aliphatic hydroxyl groups is 4. The quantitative estimate of drug-likeness (QED) is 0.504. The van der Waals surface area contributed by atoms with Gasteiger partial charge in [0, 0.05) is 26.2 Å². The molecule has 0 saturated heterocycles. The van der Waals surface area contributed by atoms with Crippen molar-refractivity contribution in [2.45, 2.75) is 132 Å². The van der Waals surface area contributed by atoms with E-state index in [0.29, 0.717) is 0 Å². The van der Waals surface area contributed by atoms with Gasteiger partial charge in [-0.2, -0.15) is 0 Å². The second kappa shape index (κ2) is 36.6. The molecule has 0 aliphatic carbocycles. The smallest absolute Gasteiger partial charge is 0.0509 e. The summed E-state index contributed by atoms with van der Waals surface area (Å²) in [6, 6.07) is 0. The molecule has 0 rings (SSSR count). The van der Waals surface area contributed by atoms with Crippen molar-refractivity contribution in [2.24, 2.45) is 0 Å². The Balaban J connectivity index is -0.0000000476. The SMILES string of the molecule is CCC(C)O.CCC(C)O.CCC(C)O.CCC(C)O.CCC(C)[O-].[Zr]. The minimum Gasteiger partial charge on any atom is -0.852 e. The minimum atomic E-state index is -0.366. The van der Waals surface area contributed by atoms with Crippen molar-refractivity contribution < 1.29 is 51.7 Å². The Bertz CT molecular complexity index is 141. The van der Waals surface area contributed by atoms with Gasteiger partial charge < -0.3 is 25.5 Å². The van der Waals surface area contributed by atoms with Gasteiger partial charge in [-0.15, -0.1) is 6.10 Å². The molecule has 0 aromatic heterocycles. The standard InChI is InChI=1S/4C4H10O.C4H9O.Zr/c5*1-3-4(2)5;/h4*4-5H,3H2,1-2H3;4H,3H2,1-2H3;/q;;;;-1;. The summed E-state index contributed by atoms with van der Waals surface area (Å²) in [6.45, 7) is 18.5. The predicted molar refractivity (Wildman–Crippen MR) is 108 cm³/mol. The minimum absolute atomic E-state index is 0. The van der Waals surface area contributed by atoms with Crippen LogP contribution in [0.3, 0.4) is 0 Å². The van der Waals surface area contributed by atoms with Crippen LogP contribution >= 0.6 is 0 Å². The third-order valence-electron chi connectivity index (χ3n) is 2.94. The van der Waals surface area contributed by atoms with Gasteiger partial charge in [0.25, 0.3) is 0 Å². The van der Waals surface area contributed by atoms with Crippen molar-refractivity contribution in [1.82, 2.24) is 0 Å². The van der Waals surface area contributed by atoms with E-state index in [1.54, 1.807) is 34.6 Å². The van der Waals surface area contributed by atoms with Crippen molar-refractivity contribution in [3.05, 3.63) is 0 Å². The van der Waals surface area contributed by atoms with Crippen LogP contribution in [0, 0.1) is 0 Å². The maximum atomic E-state index is 9.90. The Morgan fingerprint density at radius 2 is 0.577 bits per heavy atom. The topological polar surface area (TPSA) is 104 Å². The molecule has 0 aliphatic rings. The monoisotopic (exact) mass is 459 g/mol. The second-order valence-electron chi connectivity index (χ2n) is 6.25. The molecular formula is C20H49O5Zr-. The number of hydrogen-bond donors (Lipinski definition) is 4. The van der Waals surface area contributed by atoms with Crippen LogP contribution in [0.2, 0.25) is 0 Å². The summed E-state index contributed by atoms with van der Waals surface area (Å²) in [5.74, 6) is 0. The van der Waals surface area contributed by atoms with E-state index in [9.17, 15) is 5.11 Å². The van der Waals surface area contributed by atoms with Gasteiger partial charge in [-0.3, -0.25) is 0 Å². The molecule has 0 fully saturated rings. The molecule has 0 aromatic rings. The Morgan fingerprint density at radius 1 is 0.500 bits per heavy atom. The number of rotatable bonds is 5. The summed E-state index contributed by atoms with van der Waals surface area (Å²) in [5, 5.41) is 43.3. The van der Waals surface area contributed by atoms with Gasteiger partial charge >= 0.3 is 0 Å². The molecule has 5 atom stereocenters. The van der Waals surface area contributed by atoms with E-state index in [1.165, 1.54) is 0 Å².